The van der Waals surface area contributed by atoms with E-state index in [1.54, 1.807) is 26.4 Å². The Morgan fingerprint density at radius 2 is 1.59 bits per heavy atom. The van der Waals surface area contributed by atoms with Crippen molar-refractivity contribution < 1.29 is 23.7 Å². The number of carbonyl (C=O) groups excluding carboxylic acids is 1. The number of hydrogen-bond donors (Lipinski definition) is 0. The minimum Gasteiger partial charge on any atom is -0.497 e. The van der Waals surface area contributed by atoms with Crippen molar-refractivity contribution in [3.05, 3.63) is 53.1 Å². The van der Waals surface area contributed by atoms with Crippen LogP contribution in [0.2, 0.25) is 0 Å². The molecular formula is C17H16O5. The van der Waals surface area contributed by atoms with E-state index in [0.29, 0.717) is 17.1 Å². The van der Waals surface area contributed by atoms with Crippen LogP contribution in [0.15, 0.2) is 36.4 Å². The van der Waals surface area contributed by atoms with Crippen LogP contribution in [0.25, 0.3) is 0 Å². The van der Waals surface area contributed by atoms with Crippen molar-refractivity contribution in [1.29, 1.82) is 0 Å². The Hall–Kier alpha value is -2.69. The molecule has 114 valence electrons. The number of methoxy groups -OCH3 is 3. The van der Waals surface area contributed by atoms with E-state index in [-0.39, 0.29) is 0 Å². The van der Waals surface area contributed by atoms with Crippen LogP contribution in [-0.4, -0.2) is 27.3 Å². The Kier molecular flexibility index (Phi) is 3.63. The van der Waals surface area contributed by atoms with Crippen LogP contribution in [0.1, 0.15) is 27.6 Å². The average molecular weight is 300 g/mol. The summed E-state index contributed by atoms with van der Waals surface area (Å²) in [5.41, 5.74) is 2.05. The fourth-order valence-corrected chi connectivity index (χ4v) is 2.57. The first-order valence-corrected chi connectivity index (χ1v) is 6.78. The number of cyclic esters (lactones) is 1. The molecule has 0 saturated carbocycles. The molecule has 1 heterocycles. The zero-order chi connectivity index (χ0) is 15.7. The van der Waals surface area contributed by atoms with E-state index >= 15 is 0 Å². The molecule has 0 saturated heterocycles. The largest absolute Gasteiger partial charge is 0.497 e. The van der Waals surface area contributed by atoms with Gasteiger partial charge in [-0.25, -0.2) is 4.79 Å². The Balaban J connectivity index is 2.09. The highest BCUT2D eigenvalue weighted by molar-refractivity contribution is 5.97. The molecule has 0 aromatic heterocycles. The van der Waals surface area contributed by atoms with Gasteiger partial charge in [0.05, 0.1) is 21.3 Å². The van der Waals surface area contributed by atoms with E-state index in [9.17, 15) is 4.79 Å². The second kappa shape index (κ2) is 5.60. The Bertz CT molecular complexity index is 706. The maximum atomic E-state index is 12.2. The summed E-state index contributed by atoms with van der Waals surface area (Å²) in [7, 11) is 4.69. The van der Waals surface area contributed by atoms with Crippen LogP contribution in [0.3, 0.4) is 0 Å². The molecule has 1 aliphatic heterocycles. The third-order valence-corrected chi connectivity index (χ3v) is 3.69. The van der Waals surface area contributed by atoms with Crippen LogP contribution < -0.4 is 14.2 Å². The van der Waals surface area contributed by atoms with Crippen molar-refractivity contribution in [3.8, 4) is 17.2 Å². The highest BCUT2D eigenvalue weighted by Gasteiger charge is 2.36. The molecule has 0 bridgehead atoms. The van der Waals surface area contributed by atoms with Crippen molar-refractivity contribution in [2.45, 2.75) is 6.10 Å². The molecule has 22 heavy (non-hydrogen) atoms. The van der Waals surface area contributed by atoms with Crippen LogP contribution in [0.4, 0.5) is 0 Å². The van der Waals surface area contributed by atoms with Crippen LogP contribution in [-0.2, 0) is 4.74 Å². The van der Waals surface area contributed by atoms with E-state index in [0.717, 1.165) is 16.9 Å². The number of hydrogen-bond acceptors (Lipinski definition) is 5. The zero-order valence-corrected chi connectivity index (χ0v) is 12.6. The van der Waals surface area contributed by atoms with Crippen molar-refractivity contribution in [1.82, 2.24) is 0 Å². The molecule has 1 aliphatic rings. The molecule has 0 unspecified atom stereocenters. The summed E-state index contributed by atoms with van der Waals surface area (Å²) in [6.07, 6.45) is -0.475. The van der Waals surface area contributed by atoms with Gasteiger partial charge in [0.1, 0.15) is 22.8 Å². The fourth-order valence-electron chi connectivity index (χ4n) is 2.57. The number of ether oxygens (including phenoxy) is 4. The predicted octanol–water partition coefficient (Wildman–Crippen LogP) is 2.97. The smallest absolute Gasteiger partial charge is 0.343 e. The summed E-state index contributed by atoms with van der Waals surface area (Å²) in [5.74, 6) is 1.43. The van der Waals surface area contributed by atoms with Gasteiger partial charge in [0, 0.05) is 11.6 Å². The van der Waals surface area contributed by atoms with Crippen LogP contribution >= 0.6 is 0 Å². The SMILES string of the molecule is COc1ccc([C@@H]2OC(=O)c3c(OC)cc(OC)cc32)cc1. The fraction of sp³-hybridized carbons (Fsp3) is 0.235. The lowest BCUT2D eigenvalue weighted by atomic mass is 9.98. The highest BCUT2D eigenvalue weighted by atomic mass is 16.6. The Labute approximate surface area is 128 Å². The second-order valence-electron chi connectivity index (χ2n) is 4.85. The maximum absolute atomic E-state index is 12.2. The molecular weight excluding hydrogens is 284 g/mol. The molecule has 3 rings (SSSR count). The summed E-state index contributed by atoms with van der Waals surface area (Å²) >= 11 is 0. The summed E-state index contributed by atoms with van der Waals surface area (Å²) in [5, 5.41) is 0. The topological polar surface area (TPSA) is 54.0 Å². The molecule has 5 heteroatoms. The van der Waals surface area contributed by atoms with Gasteiger partial charge in [-0.05, 0) is 23.8 Å². The zero-order valence-electron chi connectivity index (χ0n) is 12.6. The normalized spacial score (nSPS) is 16.0. The molecule has 0 N–H and O–H groups in total. The first kappa shape index (κ1) is 14.3. The monoisotopic (exact) mass is 300 g/mol. The molecule has 0 fully saturated rings. The molecule has 5 nitrogen and oxygen atoms in total. The van der Waals surface area contributed by atoms with Gasteiger partial charge >= 0.3 is 5.97 Å². The molecule has 0 amide bonds. The Morgan fingerprint density at radius 1 is 0.909 bits per heavy atom. The maximum Gasteiger partial charge on any atom is 0.343 e. The van der Waals surface area contributed by atoms with E-state index in [4.69, 9.17) is 18.9 Å². The van der Waals surface area contributed by atoms with Gasteiger partial charge in [0.2, 0.25) is 0 Å². The molecule has 0 spiro atoms. The Morgan fingerprint density at radius 3 is 2.18 bits per heavy atom. The number of fused-ring (bicyclic) bond motifs is 1. The van der Waals surface area contributed by atoms with Crippen molar-refractivity contribution in [3.63, 3.8) is 0 Å². The number of rotatable bonds is 4. The summed E-state index contributed by atoms with van der Waals surface area (Å²) in [6, 6.07) is 10.9. The standard InChI is InChI=1S/C17H16O5/c1-19-11-6-4-10(5-7-11)16-13-8-12(20-2)9-14(21-3)15(13)17(18)22-16/h4-9,16H,1-3H3/t16-/m0/s1. The third-order valence-electron chi connectivity index (χ3n) is 3.69. The van der Waals surface area contributed by atoms with E-state index < -0.39 is 12.1 Å². The quantitative estimate of drug-likeness (QED) is 0.813. The minimum atomic E-state index is -0.475. The van der Waals surface area contributed by atoms with E-state index in [1.165, 1.54) is 7.11 Å². The van der Waals surface area contributed by atoms with Gasteiger partial charge in [0.15, 0.2) is 6.10 Å². The van der Waals surface area contributed by atoms with Gasteiger partial charge in [-0.1, -0.05) is 12.1 Å². The number of benzene rings is 2. The summed E-state index contributed by atoms with van der Waals surface area (Å²) < 4.78 is 21.2. The molecule has 2 aromatic rings. The van der Waals surface area contributed by atoms with Gasteiger partial charge in [-0.15, -0.1) is 0 Å². The van der Waals surface area contributed by atoms with E-state index in [1.807, 2.05) is 24.3 Å². The van der Waals surface area contributed by atoms with Crippen molar-refractivity contribution >= 4 is 5.97 Å². The lowest BCUT2D eigenvalue weighted by Gasteiger charge is -2.13. The third kappa shape index (κ3) is 2.24. The molecule has 2 aromatic carbocycles. The molecule has 0 radical (unpaired) electrons. The summed E-state index contributed by atoms with van der Waals surface area (Å²) in [6.45, 7) is 0. The number of carbonyl (C=O) groups is 1. The van der Waals surface area contributed by atoms with Gasteiger partial charge in [-0.3, -0.25) is 0 Å². The first-order valence-electron chi connectivity index (χ1n) is 6.78. The van der Waals surface area contributed by atoms with Gasteiger partial charge in [0.25, 0.3) is 0 Å². The predicted molar refractivity (Wildman–Crippen MR) is 79.8 cm³/mol. The van der Waals surface area contributed by atoms with Gasteiger partial charge in [-0.2, -0.15) is 0 Å². The van der Waals surface area contributed by atoms with Crippen molar-refractivity contribution in [2.24, 2.45) is 0 Å². The molecule has 1 atom stereocenters. The lowest BCUT2D eigenvalue weighted by Crippen LogP contribution is -2.00. The first-order chi connectivity index (χ1) is 10.7. The van der Waals surface area contributed by atoms with Crippen molar-refractivity contribution in [2.75, 3.05) is 21.3 Å². The second-order valence-corrected chi connectivity index (χ2v) is 4.85. The minimum absolute atomic E-state index is 0.393. The lowest BCUT2D eigenvalue weighted by molar-refractivity contribution is 0.0454. The highest BCUT2D eigenvalue weighted by Crippen LogP contribution is 2.42. The summed E-state index contributed by atoms with van der Waals surface area (Å²) in [4.78, 5) is 12.2. The van der Waals surface area contributed by atoms with Crippen LogP contribution in [0.5, 0.6) is 17.2 Å². The average Bonchev–Trinajstić information content (AvgIpc) is 2.91. The molecule has 0 aliphatic carbocycles. The van der Waals surface area contributed by atoms with Gasteiger partial charge < -0.3 is 18.9 Å². The number of esters is 1. The van der Waals surface area contributed by atoms with Crippen LogP contribution in [0, 0.1) is 0 Å². The van der Waals surface area contributed by atoms with E-state index in [2.05, 4.69) is 0 Å².